The predicted molar refractivity (Wildman–Crippen MR) is 52.8 cm³/mol. The van der Waals surface area contributed by atoms with E-state index >= 15 is 0 Å². The van der Waals surface area contributed by atoms with Crippen LogP contribution in [0.25, 0.3) is 0 Å². The second kappa shape index (κ2) is 2.59. The second-order valence-electron chi connectivity index (χ2n) is 3.92. The van der Waals surface area contributed by atoms with Gasteiger partial charge >= 0.3 is 0 Å². The smallest absolute Gasteiger partial charge is 0.102 e. The van der Waals surface area contributed by atoms with E-state index in [2.05, 4.69) is 33.0 Å². The molecule has 0 aliphatic carbocycles. The molecule has 0 fully saturated rings. The third-order valence-corrected chi connectivity index (χ3v) is 2.55. The number of hydrogen-bond donors (Lipinski definition) is 1. The first kappa shape index (κ1) is 8.72. The summed E-state index contributed by atoms with van der Waals surface area (Å²) in [7, 11) is 0. The first-order valence-electron chi connectivity index (χ1n) is 3.91. The fourth-order valence-corrected chi connectivity index (χ4v) is 1.89. The molecule has 1 aliphatic heterocycles. The van der Waals surface area contributed by atoms with Crippen LogP contribution in [-0.4, -0.2) is 10.5 Å². The molecule has 62 valence electrons. The summed E-state index contributed by atoms with van der Waals surface area (Å²) in [5.41, 5.74) is 2.82. The average molecular weight is 169 g/mol. The van der Waals surface area contributed by atoms with Crippen LogP contribution in [0, 0.1) is 0 Å². The molecule has 0 bridgehead atoms. The Kier molecular flexibility index (Phi) is 2.06. The summed E-state index contributed by atoms with van der Waals surface area (Å²) in [6.07, 6.45) is 1.10. The van der Waals surface area contributed by atoms with E-state index in [-0.39, 0.29) is 5.54 Å². The van der Waals surface area contributed by atoms with Gasteiger partial charge in [-0.15, -0.1) is 0 Å². The van der Waals surface area contributed by atoms with E-state index in [1.165, 1.54) is 11.1 Å². The van der Waals surface area contributed by atoms with Crippen molar-refractivity contribution >= 4 is 17.2 Å². The van der Waals surface area contributed by atoms with E-state index in [0.717, 1.165) is 11.4 Å². The Balaban J connectivity index is 2.94. The van der Waals surface area contributed by atoms with Crippen molar-refractivity contribution in [3.05, 3.63) is 11.1 Å². The molecular formula is C9H15NS. The quantitative estimate of drug-likeness (QED) is 0.559. The van der Waals surface area contributed by atoms with Crippen molar-refractivity contribution in [1.82, 2.24) is 5.32 Å². The molecule has 1 aliphatic rings. The third-order valence-electron chi connectivity index (χ3n) is 2.14. The minimum atomic E-state index is 0.153. The Bertz CT molecular complexity index is 226. The summed E-state index contributed by atoms with van der Waals surface area (Å²) in [5.74, 6) is 0. The van der Waals surface area contributed by atoms with Gasteiger partial charge in [0.25, 0.3) is 0 Å². The summed E-state index contributed by atoms with van der Waals surface area (Å²) >= 11 is 5.19. The molecule has 0 aromatic rings. The van der Waals surface area contributed by atoms with E-state index in [1.54, 1.807) is 0 Å². The Hall–Kier alpha value is -0.370. The van der Waals surface area contributed by atoms with Gasteiger partial charge in [-0.25, -0.2) is 0 Å². The summed E-state index contributed by atoms with van der Waals surface area (Å²) in [6, 6.07) is 0. The van der Waals surface area contributed by atoms with Gasteiger partial charge in [0.2, 0.25) is 0 Å². The highest BCUT2D eigenvalue weighted by atomic mass is 32.1. The van der Waals surface area contributed by atoms with Crippen LogP contribution < -0.4 is 5.32 Å². The first-order valence-corrected chi connectivity index (χ1v) is 4.32. The van der Waals surface area contributed by atoms with E-state index in [1.807, 2.05) is 0 Å². The average Bonchev–Trinajstić information content (AvgIpc) is 1.81. The number of nitrogens with one attached hydrogen (secondary N) is 1. The van der Waals surface area contributed by atoms with Gasteiger partial charge in [-0.2, -0.15) is 0 Å². The lowest BCUT2D eigenvalue weighted by molar-refractivity contribution is 0.449. The number of hydrogen-bond acceptors (Lipinski definition) is 1. The lowest BCUT2D eigenvalue weighted by atomic mass is 9.89. The van der Waals surface area contributed by atoms with E-state index in [4.69, 9.17) is 12.2 Å². The zero-order chi connectivity index (χ0) is 8.65. The van der Waals surface area contributed by atoms with Crippen molar-refractivity contribution in [2.75, 3.05) is 0 Å². The van der Waals surface area contributed by atoms with Crippen LogP contribution in [0.1, 0.15) is 34.1 Å². The molecule has 0 aromatic heterocycles. The molecule has 0 atom stereocenters. The zero-order valence-electron chi connectivity index (χ0n) is 7.62. The molecule has 1 rings (SSSR count). The van der Waals surface area contributed by atoms with Gasteiger partial charge in [0.15, 0.2) is 0 Å². The van der Waals surface area contributed by atoms with Crippen molar-refractivity contribution in [2.45, 2.75) is 39.7 Å². The van der Waals surface area contributed by atoms with Crippen LogP contribution in [0.2, 0.25) is 0 Å². The van der Waals surface area contributed by atoms with Gasteiger partial charge in [0.05, 0.1) is 0 Å². The van der Waals surface area contributed by atoms with Crippen LogP contribution in [-0.2, 0) is 0 Å². The van der Waals surface area contributed by atoms with Crippen molar-refractivity contribution in [3.63, 3.8) is 0 Å². The Morgan fingerprint density at radius 2 is 1.91 bits per heavy atom. The van der Waals surface area contributed by atoms with Gasteiger partial charge < -0.3 is 5.32 Å². The largest absolute Gasteiger partial charge is 0.371 e. The molecule has 1 N–H and O–H groups in total. The molecule has 0 saturated heterocycles. The van der Waals surface area contributed by atoms with Gasteiger partial charge in [-0.05, 0) is 39.7 Å². The molecule has 0 saturated carbocycles. The first-order chi connectivity index (χ1) is 4.92. The molecule has 0 spiro atoms. The standard InChI is InChI=1S/C9H15NS/c1-6-5-9(3,4)10-8(11)7(6)2/h5H2,1-4H3,(H,10,11). The maximum absolute atomic E-state index is 5.19. The normalized spacial score (nSPS) is 23.5. The van der Waals surface area contributed by atoms with Crippen LogP contribution >= 0.6 is 12.2 Å². The van der Waals surface area contributed by atoms with Gasteiger partial charge in [0.1, 0.15) is 4.99 Å². The molecular weight excluding hydrogens is 154 g/mol. The number of thiocarbonyl (C=S) groups is 1. The Morgan fingerprint density at radius 3 is 2.36 bits per heavy atom. The third kappa shape index (κ3) is 1.80. The molecule has 1 heterocycles. The maximum Gasteiger partial charge on any atom is 0.102 e. The van der Waals surface area contributed by atoms with Crippen LogP contribution in [0.15, 0.2) is 11.1 Å². The minimum absolute atomic E-state index is 0.153. The van der Waals surface area contributed by atoms with E-state index in [0.29, 0.717) is 0 Å². The molecule has 2 heteroatoms. The highest BCUT2D eigenvalue weighted by Crippen LogP contribution is 2.24. The lowest BCUT2D eigenvalue weighted by Crippen LogP contribution is -2.46. The second-order valence-corrected chi connectivity index (χ2v) is 4.33. The van der Waals surface area contributed by atoms with Gasteiger partial charge in [-0.3, -0.25) is 0 Å². The number of rotatable bonds is 0. The highest BCUT2D eigenvalue weighted by Gasteiger charge is 2.25. The van der Waals surface area contributed by atoms with E-state index < -0.39 is 0 Å². The van der Waals surface area contributed by atoms with E-state index in [9.17, 15) is 0 Å². The summed E-state index contributed by atoms with van der Waals surface area (Å²) in [4.78, 5) is 0.916. The predicted octanol–water partition coefficient (Wildman–Crippen LogP) is 2.42. The fourth-order valence-electron chi connectivity index (χ4n) is 1.43. The van der Waals surface area contributed by atoms with Crippen molar-refractivity contribution < 1.29 is 0 Å². The maximum atomic E-state index is 5.19. The van der Waals surface area contributed by atoms with Crippen LogP contribution in [0.4, 0.5) is 0 Å². The Labute approximate surface area is 73.9 Å². The van der Waals surface area contributed by atoms with Crippen molar-refractivity contribution in [3.8, 4) is 0 Å². The van der Waals surface area contributed by atoms with Crippen LogP contribution in [0.5, 0.6) is 0 Å². The molecule has 0 amide bonds. The monoisotopic (exact) mass is 169 g/mol. The summed E-state index contributed by atoms with van der Waals surface area (Å²) in [5, 5.41) is 3.31. The molecule has 0 unspecified atom stereocenters. The van der Waals surface area contributed by atoms with Crippen molar-refractivity contribution in [2.24, 2.45) is 0 Å². The summed E-state index contributed by atoms with van der Waals surface area (Å²) in [6.45, 7) is 8.59. The van der Waals surface area contributed by atoms with Crippen molar-refractivity contribution in [1.29, 1.82) is 0 Å². The van der Waals surface area contributed by atoms with Gasteiger partial charge in [-0.1, -0.05) is 17.8 Å². The SMILES string of the molecule is CC1=C(C)C(=S)NC(C)(C)C1. The minimum Gasteiger partial charge on any atom is -0.371 e. The lowest BCUT2D eigenvalue weighted by Gasteiger charge is -2.33. The molecule has 0 radical (unpaired) electrons. The van der Waals surface area contributed by atoms with Crippen LogP contribution in [0.3, 0.4) is 0 Å². The topological polar surface area (TPSA) is 12.0 Å². The highest BCUT2D eigenvalue weighted by molar-refractivity contribution is 7.80. The zero-order valence-corrected chi connectivity index (χ0v) is 8.43. The Morgan fingerprint density at radius 1 is 1.36 bits per heavy atom. The van der Waals surface area contributed by atoms with Gasteiger partial charge in [0, 0.05) is 5.54 Å². The fraction of sp³-hybridized carbons (Fsp3) is 0.667. The molecule has 1 nitrogen and oxygen atoms in total. The summed E-state index contributed by atoms with van der Waals surface area (Å²) < 4.78 is 0. The molecule has 11 heavy (non-hydrogen) atoms. The molecule has 0 aromatic carbocycles.